The Morgan fingerprint density at radius 3 is 2.81 bits per heavy atom. The predicted octanol–water partition coefficient (Wildman–Crippen LogP) is 3.84. The Labute approximate surface area is 121 Å². The highest BCUT2D eigenvalue weighted by Crippen LogP contribution is 2.42. The molecule has 1 aliphatic carbocycles. The molecule has 0 atom stereocenters. The molecule has 0 radical (unpaired) electrons. The van der Waals surface area contributed by atoms with Crippen molar-refractivity contribution < 1.29 is 18.3 Å². The molecule has 4 nitrogen and oxygen atoms in total. The lowest BCUT2D eigenvalue weighted by Gasteiger charge is -1.99. The lowest BCUT2D eigenvalue weighted by molar-refractivity contribution is 0.0489. The number of hydrogen-bond acceptors (Lipinski definition) is 4. The molecule has 1 saturated carbocycles. The molecule has 1 fully saturated rings. The molecule has 0 amide bonds. The second-order valence-corrected chi connectivity index (χ2v) is 5.25. The Morgan fingerprint density at radius 1 is 1.43 bits per heavy atom. The summed E-state index contributed by atoms with van der Waals surface area (Å²) in [7, 11) is 0. The summed E-state index contributed by atoms with van der Waals surface area (Å²) in [6.07, 6.45) is 1.97. The first-order valence-electron chi connectivity index (χ1n) is 7.04. The van der Waals surface area contributed by atoms with Crippen molar-refractivity contribution in [1.29, 1.82) is 0 Å². The summed E-state index contributed by atoms with van der Waals surface area (Å²) in [6, 6.07) is 4.56. The van der Waals surface area contributed by atoms with Gasteiger partial charge in [-0.15, -0.1) is 0 Å². The van der Waals surface area contributed by atoms with Gasteiger partial charge in [0.15, 0.2) is 0 Å². The lowest BCUT2D eigenvalue weighted by Crippen LogP contribution is -2.05. The molecule has 0 bridgehead atoms. The van der Waals surface area contributed by atoms with Crippen LogP contribution in [-0.4, -0.2) is 17.6 Å². The van der Waals surface area contributed by atoms with Crippen LogP contribution in [0.4, 0.5) is 4.39 Å². The number of aryl methyl sites for hydroxylation is 1. The van der Waals surface area contributed by atoms with Crippen molar-refractivity contribution in [2.75, 3.05) is 6.61 Å². The number of esters is 1. The molecule has 2 aromatic rings. The Bertz CT molecular complexity index is 669. The van der Waals surface area contributed by atoms with E-state index in [1.165, 1.54) is 12.1 Å². The molecular formula is C16H16FNO3. The third-order valence-corrected chi connectivity index (χ3v) is 3.37. The fraction of sp³-hybridized carbons (Fsp3) is 0.375. The maximum atomic E-state index is 13.5. The second-order valence-electron chi connectivity index (χ2n) is 5.25. The summed E-state index contributed by atoms with van der Waals surface area (Å²) in [6.45, 7) is 3.81. The predicted molar refractivity (Wildman–Crippen MR) is 74.6 cm³/mol. The second kappa shape index (κ2) is 5.31. The largest absolute Gasteiger partial charge is 0.460 e. The van der Waals surface area contributed by atoms with Crippen molar-refractivity contribution >= 4 is 5.97 Å². The van der Waals surface area contributed by atoms with Gasteiger partial charge in [-0.25, -0.2) is 14.2 Å². The number of carbonyl (C=O) groups excluding carboxylic acids is 1. The molecule has 1 heterocycles. The third kappa shape index (κ3) is 2.82. The maximum absolute atomic E-state index is 13.5. The summed E-state index contributed by atoms with van der Waals surface area (Å²) in [5, 5.41) is 0. The number of rotatable bonds is 4. The van der Waals surface area contributed by atoms with Crippen molar-refractivity contribution in [2.24, 2.45) is 0 Å². The van der Waals surface area contributed by atoms with Gasteiger partial charge in [-0.1, -0.05) is 0 Å². The molecule has 0 aliphatic heterocycles. The number of halogens is 1. The van der Waals surface area contributed by atoms with Crippen LogP contribution in [0.3, 0.4) is 0 Å². The molecule has 1 aliphatic rings. The van der Waals surface area contributed by atoms with Crippen LogP contribution in [0.5, 0.6) is 0 Å². The van der Waals surface area contributed by atoms with Gasteiger partial charge < -0.3 is 9.15 Å². The van der Waals surface area contributed by atoms with Crippen LogP contribution in [-0.2, 0) is 4.74 Å². The van der Waals surface area contributed by atoms with E-state index in [9.17, 15) is 9.18 Å². The monoisotopic (exact) mass is 289 g/mol. The minimum Gasteiger partial charge on any atom is -0.460 e. The Morgan fingerprint density at radius 2 is 2.19 bits per heavy atom. The number of ether oxygens (including phenoxy) is 1. The van der Waals surface area contributed by atoms with Gasteiger partial charge >= 0.3 is 5.97 Å². The number of aromatic nitrogens is 1. The summed E-state index contributed by atoms with van der Waals surface area (Å²) in [5.74, 6) is -0.199. The zero-order chi connectivity index (χ0) is 15.0. The van der Waals surface area contributed by atoms with Crippen LogP contribution in [0.1, 0.15) is 47.5 Å². The SMILES string of the molecule is CCOC(=O)c1oc(-c2cc(C)cc(F)c2)nc1C1CC1. The molecule has 0 N–H and O–H groups in total. The van der Waals surface area contributed by atoms with Crippen molar-refractivity contribution in [3.05, 3.63) is 41.0 Å². The molecule has 3 rings (SSSR count). The fourth-order valence-corrected chi connectivity index (χ4v) is 2.29. The highest BCUT2D eigenvalue weighted by molar-refractivity contribution is 5.88. The van der Waals surface area contributed by atoms with E-state index in [4.69, 9.17) is 9.15 Å². The van der Waals surface area contributed by atoms with Gasteiger partial charge in [0.2, 0.25) is 11.7 Å². The Hall–Kier alpha value is -2.17. The number of benzene rings is 1. The molecule has 0 saturated heterocycles. The zero-order valence-corrected chi connectivity index (χ0v) is 12.0. The average Bonchev–Trinajstić information content (AvgIpc) is 3.16. The topological polar surface area (TPSA) is 52.3 Å². The maximum Gasteiger partial charge on any atom is 0.376 e. The number of hydrogen-bond donors (Lipinski definition) is 0. The number of nitrogens with zero attached hydrogens (tertiary/aromatic N) is 1. The van der Waals surface area contributed by atoms with Gasteiger partial charge in [0, 0.05) is 11.5 Å². The van der Waals surface area contributed by atoms with Gasteiger partial charge in [0.1, 0.15) is 5.82 Å². The molecular weight excluding hydrogens is 273 g/mol. The first-order chi connectivity index (χ1) is 10.1. The van der Waals surface area contributed by atoms with Gasteiger partial charge in [-0.3, -0.25) is 0 Å². The van der Waals surface area contributed by atoms with Gasteiger partial charge in [-0.2, -0.15) is 0 Å². The van der Waals surface area contributed by atoms with E-state index in [0.29, 0.717) is 11.3 Å². The van der Waals surface area contributed by atoms with Crippen LogP contribution >= 0.6 is 0 Å². The van der Waals surface area contributed by atoms with E-state index < -0.39 is 5.97 Å². The van der Waals surface area contributed by atoms with E-state index in [1.807, 2.05) is 0 Å². The normalized spacial score (nSPS) is 14.2. The summed E-state index contributed by atoms with van der Waals surface area (Å²) >= 11 is 0. The molecule has 110 valence electrons. The highest BCUT2D eigenvalue weighted by Gasteiger charge is 2.34. The Balaban J connectivity index is 2.03. The van der Waals surface area contributed by atoms with Crippen LogP contribution in [0.2, 0.25) is 0 Å². The molecule has 0 unspecified atom stereocenters. The van der Waals surface area contributed by atoms with Crippen molar-refractivity contribution in [1.82, 2.24) is 4.98 Å². The summed E-state index contributed by atoms with van der Waals surface area (Å²) in [4.78, 5) is 16.3. The molecule has 21 heavy (non-hydrogen) atoms. The van der Waals surface area contributed by atoms with Gasteiger partial charge in [-0.05, 0) is 50.5 Å². The Kier molecular flexibility index (Phi) is 3.49. The van der Waals surface area contributed by atoms with E-state index >= 15 is 0 Å². The van der Waals surface area contributed by atoms with Crippen LogP contribution < -0.4 is 0 Å². The first-order valence-corrected chi connectivity index (χ1v) is 7.04. The average molecular weight is 289 g/mol. The van der Waals surface area contributed by atoms with Crippen LogP contribution in [0, 0.1) is 12.7 Å². The fourth-order valence-electron chi connectivity index (χ4n) is 2.29. The van der Waals surface area contributed by atoms with Crippen LogP contribution in [0.15, 0.2) is 22.6 Å². The van der Waals surface area contributed by atoms with Crippen LogP contribution in [0.25, 0.3) is 11.5 Å². The number of carbonyl (C=O) groups is 1. The quantitative estimate of drug-likeness (QED) is 0.802. The van der Waals surface area contributed by atoms with Gasteiger partial charge in [0.05, 0.1) is 12.3 Å². The van der Waals surface area contributed by atoms with E-state index in [2.05, 4.69) is 4.98 Å². The highest BCUT2D eigenvalue weighted by atomic mass is 19.1. The summed E-state index contributed by atoms with van der Waals surface area (Å²) < 4.78 is 24.1. The smallest absolute Gasteiger partial charge is 0.376 e. The standard InChI is InChI=1S/C16H16FNO3/c1-3-20-16(19)14-13(10-4-5-10)18-15(21-14)11-6-9(2)7-12(17)8-11/h6-8,10H,3-5H2,1-2H3. The van der Waals surface area contributed by atoms with Crippen molar-refractivity contribution in [3.8, 4) is 11.5 Å². The van der Waals surface area contributed by atoms with E-state index in [-0.39, 0.29) is 30.0 Å². The van der Waals surface area contributed by atoms with Gasteiger partial charge in [0.25, 0.3) is 0 Å². The van der Waals surface area contributed by atoms with E-state index in [0.717, 1.165) is 18.4 Å². The summed E-state index contributed by atoms with van der Waals surface area (Å²) in [5.41, 5.74) is 1.93. The lowest BCUT2D eigenvalue weighted by atomic mass is 10.1. The van der Waals surface area contributed by atoms with Crippen molar-refractivity contribution in [3.63, 3.8) is 0 Å². The molecule has 0 spiro atoms. The minimum atomic E-state index is -0.508. The molecule has 5 heteroatoms. The third-order valence-electron chi connectivity index (χ3n) is 3.37. The molecule has 1 aromatic carbocycles. The minimum absolute atomic E-state index is 0.149. The molecule has 1 aromatic heterocycles. The van der Waals surface area contributed by atoms with Crippen molar-refractivity contribution in [2.45, 2.75) is 32.6 Å². The number of oxazole rings is 1. The zero-order valence-electron chi connectivity index (χ0n) is 12.0. The first kappa shape index (κ1) is 13.8. The van der Waals surface area contributed by atoms with E-state index in [1.54, 1.807) is 19.9 Å².